The van der Waals surface area contributed by atoms with E-state index in [1.54, 1.807) is 31.2 Å². The summed E-state index contributed by atoms with van der Waals surface area (Å²) >= 11 is 0. The van der Waals surface area contributed by atoms with Gasteiger partial charge in [-0.05, 0) is 68.7 Å². The third-order valence-electron chi connectivity index (χ3n) is 5.26. The Morgan fingerprint density at radius 3 is 2.00 bits per heavy atom. The molecule has 2 atom stereocenters. The fourth-order valence-electron chi connectivity index (χ4n) is 3.56. The van der Waals surface area contributed by atoms with Crippen LogP contribution in [0.1, 0.15) is 25.8 Å². The molecule has 3 aromatic rings. The second kappa shape index (κ2) is 11.0. The number of para-hydroxylation sites is 1. The van der Waals surface area contributed by atoms with Gasteiger partial charge in [0.05, 0.1) is 11.9 Å². The summed E-state index contributed by atoms with van der Waals surface area (Å²) in [7, 11) is -3.69. The average molecular weight is 467 g/mol. The van der Waals surface area contributed by atoms with Crippen LogP contribution >= 0.6 is 0 Å². The lowest BCUT2D eigenvalue weighted by molar-refractivity contribution is -0.122. The van der Waals surface area contributed by atoms with Crippen LogP contribution in [0.5, 0.6) is 11.5 Å². The number of sulfonamides is 1. The fraction of sp³-hybridized carbons (Fsp3) is 0.269. The molecule has 0 heterocycles. The molecule has 3 rings (SSSR count). The maximum atomic E-state index is 12.9. The minimum atomic E-state index is -3.69. The number of carbonyl (C=O) groups is 1. The number of rotatable bonds is 10. The van der Waals surface area contributed by atoms with Gasteiger partial charge >= 0.3 is 0 Å². The van der Waals surface area contributed by atoms with Crippen LogP contribution in [0, 0.1) is 0 Å². The second-order valence-electron chi connectivity index (χ2n) is 8.08. The van der Waals surface area contributed by atoms with Gasteiger partial charge in [-0.15, -0.1) is 0 Å². The minimum absolute atomic E-state index is 0.0942. The van der Waals surface area contributed by atoms with Crippen molar-refractivity contribution in [3.8, 4) is 11.5 Å². The van der Waals surface area contributed by atoms with Crippen LogP contribution in [0.4, 0.5) is 5.69 Å². The van der Waals surface area contributed by atoms with Gasteiger partial charge in [-0.1, -0.05) is 48.5 Å². The molecule has 7 heteroatoms. The van der Waals surface area contributed by atoms with Crippen molar-refractivity contribution in [2.45, 2.75) is 38.8 Å². The molecule has 1 N–H and O–H groups in total. The van der Waals surface area contributed by atoms with Crippen LogP contribution in [0.15, 0.2) is 84.9 Å². The molecular weight excluding hydrogens is 436 g/mol. The zero-order valence-electron chi connectivity index (χ0n) is 19.1. The standard InChI is InChI=1S/C26H30N2O4S/c1-20(14-15-22-10-6-4-7-11-22)27-26(29)21(2)28(33(3,30)31)23-16-18-25(19-17-23)32-24-12-8-5-9-13-24/h4-13,16-21H,14-15H2,1-3H3,(H,27,29)/t20-,21-/m0/s1. The lowest BCUT2D eigenvalue weighted by atomic mass is 10.1. The van der Waals surface area contributed by atoms with Gasteiger partial charge in [-0.2, -0.15) is 0 Å². The molecule has 0 bridgehead atoms. The van der Waals surface area contributed by atoms with Gasteiger partial charge in [-0.25, -0.2) is 8.42 Å². The Bertz CT molecular complexity index is 1130. The summed E-state index contributed by atoms with van der Waals surface area (Å²) in [5.74, 6) is 0.915. The molecule has 0 spiro atoms. The van der Waals surface area contributed by atoms with Crippen LogP contribution in [-0.4, -0.2) is 32.7 Å². The first-order valence-electron chi connectivity index (χ1n) is 10.9. The molecule has 3 aromatic carbocycles. The summed E-state index contributed by atoms with van der Waals surface area (Å²) in [6.07, 6.45) is 2.69. The zero-order chi connectivity index (χ0) is 23.8. The molecule has 0 aromatic heterocycles. The van der Waals surface area contributed by atoms with E-state index in [1.165, 1.54) is 5.56 Å². The molecule has 0 radical (unpaired) electrons. The molecule has 0 unspecified atom stereocenters. The number of nitrogens with zero attached hydrogens (tertiary/aromatic N) is 1. The van der Waals surface area contributed by atoms with E-state index < -0.39 is 16.1 Å². The highest BCUT2D eigenvalue weighted by molar-refractivity contribution is 7.92. The van der Waals surface area contributed by atoms with Crippen molar-refractivity contribution in [2.24, 2.45) is 0 Å². The second-order valence-corrected chi connectivity index (χ2v) is 9.94. The Morgan fingerprint density at radius 1 is 0.879 bits per heavy atom. The van der Waals surface area contributed by atoms with Crippen molar-refractivity contribution in [2.75, 3.05) is 10.6 Å². The van der Waals surface area contributed by atoms with Gasteiger partial charge in [0.1, 0.15) is 17.5 Å². The van der Waals surface area contributed by atoms with E-state index >= 15 is 0 Å². The Morgan fingerprint density at radius 2 is 1.42 bits per heavy atom. The summed E-state index contributed by atoms with van der Waals surface area (Å²) in [4.78, 5) is 12.9. The number of benzene rings is 3. The van der Waals surface area contributed by atoms with Crippen molar-refractivity contribution >= 4 is 21.6 Å². The molecule has 6 nitrogen and oxygen atoms in total. The first kappa shape index (κ1) is 24.3. The number of nitrogens with one attached hydrogen (secondary N) is 1. The van der Waals surface area contributed by atoms with Crippen molar-refractivity contribution in [1.82, 2.24) is 5.32 Å². The number of hydrogen-bond donors (Lipinski definition) is 1. The topological polar surface area (TPSA) is 75.7 Å². The van der Waals surface area contributed by atoms with Gasteiger partial charge in [0.2, 0.25) is 15.9 Å². The lowest BCUT2D eigenvalue weighted by Crippen LogP contribution is -2.49. The number of amides is 1. The van der Waals surface area contributed by atoms with Gasteiger partial charge < -0.3 is 10.1 Å². The van der Waals surface area contributed by atoms with E-state index in [2.05, 4.69) is 5.32 Å². The molecule has 0 fully saturated rings. The largest absolute Gasteiger partial charge is 0.457 e. The summed E-state index contributed by atoms with van der Waals surface area (Å²) in [5, 5.41) is 2.95. The van der Waals surface area contributed by atoms with Crippen LogP contribution in [0.25, 0.3) is 0 Å². The number of aryl methyl sites for hydroxylation is 1. The van der Waals surface area contributed by atoms with E-state index in [-0.39, 0.29) is 11.9 Å². The van der Waals surface area contributed by atoms with Gasteiger partial charge in [0, 0.05) is 6.04 Å². The van der Waals surface area contributed by atoms with E-state index in [9.17, 15) is 13.2 Å². The molecule has 0 saturated carbocycles. The summed E-state index contributed by atoms with van der Waals surface area (Å²) in [5.41, 5.74) is 1.60. The quantitative estimate of drug-likeness (QED) is 0.467. The molecule has 0 saturated heterocycles. The fourth-order valence-corrected chi connectivity index (χ4v) is 4.73. The highest BCUT2D eigenvalue weighted by atomic mass is 32.2. The maximum absolute atomic E-state index is 12.9. The smallest absolute Gasteiger partial charge is 0.243 e. The van der Waals surface area contributed by atoms with Crippen molar-refractivity contribution in [3.05, 3.63) is 90.5 Å². The summed E-state index contributed by atoms with van der Waals surface area (Å²) in [6, 6.07) is 25.0. The minimum Gasteiger partial charge on any atom is -0.457 e. The van der Waals surface area contributed by atoms with Crippen LogP contribution < -0.4 is 14.4 Å². The molecule has 1 amide bonds. The summed E-state index contributed by atoms with van der Waals surface area (Å²) in [6.45, 7) is 3.52. The Balaban J connectivity index is 1.66. The Hall–Kier alpha value is -3.32. The van der Waals surface area contributed by atoms with Crippen LogP contribution in [0.3, 0.4) is 0 Å². The van der Waals surface area contributed by atoms with E-state index in [1.807, 2.05) is 67.6 Å². The number of hydrogen-bond acceptors (Lipinski definition) is 4. The predicted molar refractivity (Wildman–Crippen MR) is 132 cm³/mol. The van der Waals surface area contributed by atoms with Gasteiger partial charge in [-0.3, -0.25) is 9.10 Å². The molecular formula is C26H30N2O4S. The SMILES string of the molecule is C[C@@H](CCc1ccccc1)NC(=O)[C@H](C)N(c1ccc(Oc2ccccc2)cc1)S(C)(=O)=O. The number of ether oxygens (including phenoxy) is 1. The van der Waals surface area contributed by atoms with E-state index in [4.69, 9.17) is 4.74 Å². The normalized spacial score (nSPS) is 13.1. The van der Waals surface area contributed by atoms with Gasteiger partial charge in [0.15, 0.2) is 0 Å². The first-order chi connectivity index (χ1) is 15.7. The number of anilines is 1. The molecule has 174 valence electrons. The van der Waals surface area contributed by atoms with Gasteiger partial charge in [0.25, 0.3) is 0 Å². The predicted octanol–water partition coefficient (Wildman–Crippen LogP) is 4.77. The maximum Gasteiger partial charge on any atom is 0.243 e. The monoisotopic (exact) mass is 466 g/mol. The highest BCUT2D eigenvalue weighted by Gasteiger charge is 2.29. The van der Waals surface area contributed by atoms with Crippen molar-refractivity contribution in [1.29, 1.82) is 0 Å². The van der Waals surface area contributed by atoms with Crippen LogP contribution in [0.2, 0.25) is 0 Å². The zero-order valence-corrected chi connectivity index (χ0v) is 20.0. The average Bonchev–Trinajstić information content (AvgIpc) is 2.79. The molecule has 0 aliphatic heterocycles. The van der Waals surface area contributed by atoms with Crippen molar-refractivity contribution in [3.63, 3.8) is 0 Å². The summed E-state index contributed by atoms with van der Waals surface area (Å²) < 4.78 is 32.0. The number of carbonyl (C=O) groups excluding carboxylic acids is 1. The third-order valence-corrected chi connectivity index (χ3v) is 6.50. The lowest BCUT2D eigenvalue weighted by Gasteiger charge is -2.29. The molecule has 0 aliphatic rings. The van der Waals surface area contributed by atoms with Crippen LogP contribution in [-0.2, 0) is 21.2 Å². The highest BCUT2D eigenvalue weighted by Crippen LogP contribution is 2.27. The third kappa shape index (κ3) is 7.08. The Labute approximate surface area is 196 Å². The molecule has 0 aliphatic carbocycles. The van der Waals surface area contributed by atoms with Crippen molar-refractivity contribution < 1.29 is 17.9 Å². The molecule has 33 heavy (non-hydrogen) atoms. The Kier molecular flexibility index (Phi) is 8.11. The first-order valence-corrected chi connectivity index (χ1v) is 12.8. The van der Waals surface area contributed by atoms with E-state index in [0.29, 0.717) is 17.2 Å². The van der Waals surface area contributed by atoms with E-state index in [0.717, 1.165) is 23.4 Å².